The van der Waals surface area contributed by atoms with E-state index in [4.69, 9.17) is 9.47 Å². The number of aliphatic hydroxyl groups excluding tert-OH is 1. The molecule has 0 radical (unpaired) electrons. The molecule has 0 aliphatic carbocycles. The quantitative estimate of drug-likeness (QED) is 0.887. The first kappa shape index (κ1) is 12.3. The van der Waals surface area contributed by atoms with Crippen LogP contribution < -0.4 is 9.47 Å². The lowest BCUT2D eigenvalue weighted by molar-refractivity contribution is 0.219. The third kappa shape index (κ3) is 2.41. The number of hydrogen-bond donors (Lipinski definition) is 1. The van der Waals surface area contributed by atoms with Crippen molar-refractivity contribution in [2.75, 3.05) is 14.2 Å². The Hall–Kier alpha value is -2.14. The molecule has 1 heterocycles. The van der Waals surface area contributed by atoms with Crippen molar-refractivity contribution in [3.63, 3.8) is 0 Å². The van der Waals surface area contributed by atoms with E-state index >= 15 is 0 Å². The van der Waals surface area contributed by atoms with Crippen LogP contribution in [0.25, 0.3) is 0 Å². The van der Waals surface area contributed by atoms with Gasteiger partial charge in [-0.05, 0) is 23.8 Å². The first-order valence-corrected chi connectivity index (χ1v) is 5.43. The number of benzene rings is 1. The summed E-state index contributed by atoms with van der Waals surface area (Å²) in [6.45, 7) is 0. The number of aliphatic hydroxyl groups is 1. The normalized spacial score (nSPS) is 11.9. The van der Waals surface area contributed by atoms with Crippen molar-refractivity contribution in [2.45, 2.75) is 6.10 Å². The van der Waals surface area contributed by atoms with Crippen LogP contribution in [0.4, 0.5) is 0 Å². The van der Waals surface area contributed by atoms with Gasteiger partial charge in [-0.15, -0.1) is 0 Å². The van der Waals surface area contributed by atoms with Crippen molar-refractivity contribution >= 4 is 0 Å². The molecule has 2 aromatic rings. The predicted molar refractivity (Wildman–Crippen MR) is 65.6 cm³/mol. The molecule has 2 rings (SSSR count). The highest BCUT2D eigenvalue weighted by atomic mass is 16.5. The Bertz CT molecular complexity index is 517. The predicted octanol–water partition coefficient (Wildman–Crippen LogP) is 1.58. The summed E-state index contributed by atoms with van der Waals surface area (Å²) < 4.78 is 10.3. The van der Waals surface area contributed by atoms with Crippen molar-refractivity contribution < 1.29 is 14.6 Å². The van der Waals surface area contributed by atoms with Crippen LogP contribution in [0.15, 0.2) is 36.7 Å². The Labute approximate surface area is 105 Å². The molecule has 94 valence electrons. The first-order valence-electron chi connectivity index (χ1n) is 5.43. The van der Waals surface area contributed by atoms with Crippen LogP contribution in [-0.2, 0) is 0 Å². The molecular weight excluding hydrogens is 232 g/mol. The molecule has 0 saturated carbocycles. The molecule has 18 heavy (non-hydrogen) atoms. The van der Waals surface area contributed by atoms with Gasteiger partial charge in [0.15, 0.2) is 11.5 Å². The minimum absolute atomic E-state index is 0.580. The molecule has 5 heteroatoms. The van der Waals surface area contributed by atoms with Gasteiger partial charge in [-0.25, -0.2) is 0 Å². The zero-order chi connectivity index (χ0) is 13.0. The van der Waals surface area contributed by atoms with Crippen molar-refractivity contribution in [3.05, 3.63) is 47.8 Å². The molecule has 0 saturated heterocycles. The van der Waals surface area contributed by atoms with Crippen LogP contribution in [0.3, 0.4) is 0 Å². The summed E-state index contributed by atoms with van der Waals surface area (Å²) in [6.07, 6.45) is 2.31. The number of methoxy groups -OCH3 is 2. The summed E-state index contributed by atoms with van der Waals surface area (Å²) in [6, 6.07) is 7.00. The van der Waals surface area contributed by atoms with Crippen LogP contribution in [0, 0.1) is 0 Å². The van der Waals surface area contributed by atoms with Crippen molar-refractivity contribution in [3.8, 4) is 11.5 Å². The van der Waals surface area contributed by atoms with Crippen molar-refractivity contribution in [1.29, 1.82) is 0 Å². The monoisotopic (exact) mass is 246 g/mol. The number of aromatic nitrogens is 2. The van der Waals surface area contributed by atoms with E-state index < -0.39 is 6.10 Å². The second-order valence-electron chi connectivity index (χ2n) is 3.69. The van der Waals surface area contributed by atoms with E-state index in [1.807, 2.05) is 0 Å². The van der Waals surface area contributed by atoms with Crippen molar-refractivity contribution in [2.24, 2.45) is 0 Å². The lowest BCUT2D eigenvalue weighted by Crippen LogP contribution is -2.01. The fourth-order valence-electron chi connectivity index (χ4n) is 1.68. The fraction of sp³-hybridized carbons (Fsp3) is 0.231. The molecule has 0 spiro atoms. The molecule has 1 aromatic carbocycles. The average Bonchev–Trinajstić information content (AvgIpc) is 2.46. The van der Waals surface area contributed by atoms with Gasteiger partial charge in [-0.1, -0.05) is 6.07 Å². The van der Waals surface area contributed by atoms with Crippen LogP contribution in [-0.4, -0.2) is 29.5 Å². The molecule has 1 aromatic heterocycles. The summed E-state index contributed by atoms with van der Waals surface area (Å²) in [5.74, 6) is 1.21. The van der Waals surface area contributed by atoms with E-state index in [1.54, 1.807) is 44.7 Å². The third-order valence-electron chi connectivity index (χ3n) is 2.65. The Morgan fingerprint density at radius 3 is 2.39 bits per heavy atom. The average molecular weight is 246 g/mol. The molecule has 1 unspecified atom stereocenters. The van der Waals surface area contributed by atoms with Gasteiger partial charge in [-0.3, -0.25) is 0 Å². The molecule has 0 amide bonds. The third-order valence-corrected chi connectivity index (χ3v) is 2.65. The second-order valence-corrected chi connectivity index (χ2v) is 3.69. The Kier molecular flexibility index (Phi) is 3.74. The van der Waals surface area contributed by atoms with Gasteiger partial charge in [0.25, 0.3) is 0 Å². The number of ether oxygens (including phenoxy) is 2. The van der Waals surface area contributed by atoms with Gasteiger partial charge in [0, 0.05) is 11.8 Å². The highest BCUT2D eigenvalue weighted by Crippen LogP contribution is 2.31. The number of nitrogens with zero attached hydrogens (tertiary/aromatic N) is 2. The minimum Gasteiger partial charge on any atom is -0.493 e. The van der Waals surface area contributed by atoms with E-state index in [0.717, 1.165) is 0 Å². The first-order chi connectivity index (χ1) is 8.76. The molecule has 0 aliphatic heterocycles. The Morgan fingerprint density at radius 1 is 1.00 bits per heavy atom. The molecule has 0 bridgehead atoms. The molecule has 0 aliphatic rings. The molecule has 5 nitrogen and oxygen atoms in total. The maximum Gasteiger partial charge on any atom is 0.161 e. The van der Waals surface area contributed by atoms with Gasteiger partial charge < -0.3 is 14.6 Å². The summed E-state index contributed by atoms with van der Waals surface area (Å²) >= 11 is 0. The summed E-state index contributed by atoms with van der Waals surface area (Å²) in [5, 5.41) is 17.6. The Balaban J connectivity index is 2.34. The highest BCUT2D eigenvalue weighted by Gasteiger charge is 2.13. The zero-order valence-corrected chi connectivity index (χ0v) is 10.2. The van der Waals surface area contributed by atoms with E-state index in [0.29, 0.717) is 22.6 Å². The van der Waals surface area contributed by atoms with E-state index in [9.17, 15) is 5.11 Å². The topological polar surface area (TPSA) is 64.5 Å². The molecule has 0 fully saturated rings. The smallest absolute Gasteiger partial charge is 0.161 e. The van der Waals surface area contributed by atoms with Gasteiger partial charge in [-0.2, -0.15) is 10.2 Å². The van der Waals surface area contributed by atoms with Crippen LogP contribution in [0.2, 0.25) is 0 Å². The lowest BCUT2D eigenvalue weighted by atomic mass is 10.0. The summed E-state index contributed by atoms with van der Waals surface area (Å²) in [5.41, 5.74) is 1.39. The lowest BCUT2D eigenvalue weighted by Gasteiger charge is -2.13. The number of rotatable bonds is 4. The van der Waals surface area contributed by atoms with Crippen molar-refractivity contribution in [1.82, 2.24) is 10.2 Å². The maximum absolute atomic E-state index is 10.2. The van der Waals surface area contributed by atoms with E-state index in [1.165, 1.54) is 6.20 Å². The maximum atomic E-state index is 10.2. The molecule has 1 N–H and O–H groups in total. The van der Waals surface area contributed by atoms with Gasteiger partial charge >= 0.3 is 0 Å². The van der Waals surface area contributed by atoms with Crippen LogP contribution in [0.1, 0.15) is 17.2 Å². The van der Waals surface area contributed by atoms with Gasteiger partial charge in [0.05, 0.1) is 20.4 Å². The fourth-order valence-corrected chi connectivity index (χ4v) is 1.68. The largest absolute Gasteiger partial charge is 0.493 e. The molecule has 1 atom stereocenters. The van der Waals surface area contributed by atoms with Crippen LogP contribution >= 0.6 is 0 Å². The number of hydrogen-bond acceptors (Lipinski definition) is 5. The Morgan fingerprint density at radius 2 is 1.78 bits per heavy atom. The van der Waals surface area contributed by atoms with E-state index in [-0.39, 0.29) is 0 Å². The molecular formula is C13H14N2O3. The van der Waals surface area contributed by atoms with Gasteiger partial charge in [0.2, 0.25) is 0 Å². The van der Waals surface area contributed by atoms with Crippen LogP contribution in [0.5, 0.6) is 11.5 Å². The summed E-state index contributed by atoms with van der Waals surface area (Å²) in [4.78, 5) is 0. The van der Waals surface area contributed by atoms with E-state index in [2.05, 4.69) is 10.2 Å². The minimum atomic E-state index is -0.764. The SMILES string of the molecule is COc1ccc(C(O)c2ccnnc2)cc1OC. The summed E-state index contributed by atoms with van der Waals surface area (Å²) in [7, 11) is 3.13. The van der Waals surface area contributed by atoms with Gasteiger partial charge in [0.1, 0.15) is 6.10 Å². The zero-order valence-electron chi connectivity index (χ0n) is 10.2. The standard InChI is InChI=1S/C13H14N2O3/c1-17-11-4-3-9(7-12(11)18-2)13(16)10-5-6-14-15-8-10/h3-8,13,16H,1-2H3. The highest BCUT2D eigenvalue weighted by molar-refractivity contribution is 5.44. The second kappa shape index (κ2) is 5.46.